The van der Waals surface area contributed by atoms with Gasteiger partial charge in [0, 0.05) is 6.42 Å². The number of carbonyl (C=O) groups is 2. The topological polar surface area (TPSA) is 61.8 Å². The van der Waals surface area contributed by atoms with Crippen molar-refractivity contribution in [3.8, 4) is 0 Å². The zero-order chi connectivity index (χ0) is 19.5. The minimum absolute atomic E-state index is 0.152. The van der Waals surface area contributed by atoms with Crippen molar-refractivity contribution in [1.82, 2.24) is 0 Å². The molecule has 0 N–H and O–H groups in total. The van der Waals surface area contributed by atoms with Gasteiger partial charge in [-0.1, -0.05) is 57.0 Å². The molecular formula is C22H32O5. The molecule has 0 bridgehead atoms. The Kier molecular flexibility index (Phi) is 8.79. The highest BCUT2D eigenvalue weighted by atomic mass is 16.5. The van der Waals surface area contributed by atoms with Crippen LogP contribution in [0, 0.1) is 17.3 Å². The second-order valence-corrected chi connectivity index (χ2v) is 8.19. The highest BCUT2D eigenvalue weighted by molar-refractivity contribution is 5.69. The quantitative estimate of drug-likeness (QED) is 0.429. The summed E-state index contributed by atoms with van der Waals surface area (Å²) in [4.78, 5) is 22.8. The van der Waals surface area contributed by atoms with Crippen LogP contribution in [0.5, 0.6) is 0 Å². The standard InChI is InChI=1S/C22H32O5/c1-18-8-10-19(11-9-18)12-21(24)27-16-22(2,15-26-17-23)14-25-13-20-6-4-3-5-7-20/h3-7,17-19H,8-16H2,1-2H3. The van der Waals surface area contributed by atoms with Gasteiger partial charge in [-0.15, -0.1) is 0 Å². The number of rotatable bonds is 11. The summed E-state index contributed by atoms with van der Waals surface area (Å²) in [6.07, 6.45) is 5.05. The van der Waals surface area contributed by atoms with Crippen LogP contribution in [-0.4, -0.2) is 32.3 Å². The van der Waals surface area contributed by atoms with E-state index in [1.807, 2.05) is 37.3 Å². The third kappa shape index (κ3) is 8.12. The summed E-state index contributed by atoms with van der Waals surface area (Å²) in [5.41, 5.74) is 0.506. The van der Waals surface area contributed by atoms with E-state index in [0.29, 0.717) is 32.0 Å². The summed E-state index contributed by atoms with van der Waals surface area (Å²) >= 11 is 0. The predicted molar refractivity (Wildman–Crippen MR) is 103 cm³/mol. The van der Waals surface area contributed by atoms with Crippen molar-refractivity contribution in [2.75, 3.05) is 19.8 Å². The lowest BCUT2D eigenvalue weighted by Crippen LogP contribution is -2.35. The molecule has 0 saturated heterocycles. The Hall–Kier alpha value is -1.88. The number of ether oxygens (including phenoxy) is 3. The van der Waals surface area contributed by atoms with Gasteiger partial charge in [-0.05, 0) is 30.2 Å². The zero-order valence-corrected chi connectivity index (χ0v) is 16.5. The lowest BCUT2D eigenvalue weighted by atomic mass is 9.81. The normalized spacial score (nSPS) is 21.9. The molecule has 1 atom stereocenters. The number of carbonyl (C=O) groups excluding carboxylic acids is 2. The van der Waals surface area contributed by atoms with Gasteiger partial charge in [0.15, 0.2) is 0 Å². The van der Waals surface area contributed by atoms with Gasteiger partial charge >= 0.3 is 5.97 Å². The number of hydrogen-bond donors (Lipinski definition) is 0. The molecule has 5 nitrogen and oxygen atoms in total. The molecule has 1 unspecified atom stereocenters. The van der Waals surface area contributed by atoms with Crippen molar-refractivity contribution < 1.29 is 23.8 Å². The van der Waals surface area contributed by atoms with Gasteiger partial charge in [-0.2, -0.15) is 0 Å². The van der Waals surface area contributed by atoms with Crippen LogP contribution < -0.4 is 0 Å². The smallest absolute Gasteiger partial charge is 0.306 e. The summed E-state index contributed by atoms with van der Waals surface area (Å²) in [5.74, 6) is 1.03. The molecule has 1 fully saturated rings. The Bertz CT molecular complexity index is 565. The summed E-state index contributed by atoms with van der Waals surface area (Å²) in [7, 11) is 0. The molecule has 1 aromatic carbocycles. The second-order valence-electron chi connectivity index (χ2n) is 8.19. The lowest BCUT2D eigenvalue weighted by molar-refractivity contribution is -0.153. The van der Waals surface area contributed by atoms with Crippen LogP contribution in [0.4, 0.5) is 0 Å². The van der Waals surface area contributed by atoms with E-state index in [0.717, 1.165) is 24.3 Å². The Balaban J connectivity index is 1.77. The molecule has 0 amide bonds. The van der Waals surface area contributed by atoms with Crippen LogP contribution in [0.15, 0.2) is 30.3 Å². The Morgan fingerprint density at radius 1 is 1.11 bits per heavy atom. The average Bonchev–Trinajstić information content (AvgIpc) is 2.68. The van der Waals surface area contributed by atoms with Crippen molar-refractivity contribution in [1.29, 1.82) is 0 Å². The van der Waals surface area contributed by atoms with E-state index in [9.17, 15) is 9.59 Å². The molecule has 1 aromatic rings. The van der Waals surface area contributed by atoms with E-state index in [1.165, 1.54) is 12.8 Å². The van der Waals surface area contributed by atoms with Crippen LogP contribution in [0.2, 0.25) is 0 Å². The average molecular weight is 376 g/mol. The molecule has 5 heteroatoms. The van der Waals surface area contributed by atoms with E-state index in [4.69, 9.17) is 14.2 Å². The SMILES string of the molecule is CC1CCC(CC(=O)OCC(C)(COC=O)COCc2ccccc2)CC1. The minimum Gasteiger partial charge on any atom is -0.467 e. The first-order chi connectivity index (χ1) is 13.0. The molecule has 0 aliphatic heterocycles. The fourth-order valence-electron chi connectivity index (χ4n) is 3.43. The third-order valence-electron chi connectivity index (χ3n) is 5.23. The zero-order valence-electron chi connectivity index (χ0n) is 16.5. The Morgan fingerprint density at radius 2 is 1.81 bits per heavy atom. The van der Waals surface area contributed by atoms with Crippen LogP contribution >= 0.6 is 0 Å². The van der Waals surface area contributed by atoms with E-state index in [1.54, 1.807) is 0 Å². The van der Waals surface area contributed by atoms with Crippen molar-refractivity contribution in [3.05, 3.63) is 35.9 Å². The Morgan fingerprint density at radius 3 is 2.48 bits per heavy atom. The molecule has 0 spiro atoms. The van der Waals surface area contributed by atoms with E-state index < -0.39 is 5.41 Å². The third-order valence-corrected chi connectivity index (χ3v) is 5.23. The van der Waals surface area contributed by atoms with Gasteiger partial charge in [0.1, 0.15) is 13.2 Å². The first-order valence-corrected chi connectivity index (χ1v) is 9.83. The van der Waals surface area contributed by atoms with Crippen molar-refractivity contribution >= 4 is 12.4 Å². The molecule has 0 aromatic heterocycles. The van der Waals surface area contributed by atoms with Crippen LogP contribution in [-0.2, 0) is 30.4 Å². The lowest BCUT2D eigenvalue weighted by Gasteiger charge is -2.29. The molecule has 1 saturated carbocycles. The summed E-state index contributed by atoms with van der Waals surface area (Å²) in [5, 5.41) is 0. The molecule has 0 radical (unpaired) electrons. The molecule has 150 valence electrons. The molecule has 2 rings (SSSR count). The second kappa shape index (κ2) is 11.1. The molecule has 1 aliphatic carbocycles. The van der Waals surface area contributed by atoms with Gasteiger partial charge in [-0.25, -0.2) is 0 Å². The highest BCUT2D eigenvalue weighted by Gasteiger charge is 2.29. The maximum Gasteiger partial charge on any atom is 0.306 e. The summed E-state index contributed by atoms with van der Waals surface area (Å²) in [6.45, 7) is 5.72. The van der Waals surface area contributed by atoms with Gasteiger partial charge in [-0.3, -0.25) is 9.59 Å². The monoisotopic (exact) mass is 376 g/mol. The van der Waals surface area contributed by atoms with Gasteiger partial charge in [0.05, 0.1) is 18.6 Å². The van der Waals surface area contributed by atoms with Crippen molar-refractivity contribution in [2.24, 2.45) is 17.3 Å². The van der Waals surface area contributed by atoms with Crippen molar-refractivity contribution in [2.45, 2.75) is 52.6 Å². The first kappa shape index (κ1) is 21.4. The van der Waals surface area contributed by atoms with Gasteiger partial charge in [0.25, 0.3) is 6.47 Å². The maximum absolute atomic E-state index is 12.2. The number of esters is 1. The largest absolute Gasteiger partial charge is 0.467 e. The van der Waals surface area contributed by atoms with E-state index in [2.05, 4.69) is 6.92 Å². The van der Waals surface area contributed by atoms with Crippen LogP contribution in [0.25, 0.3) is 0 Å². The maximum atomic E-state index is 12.2. The summed E-state index contributed by atoms with van der Waals surface area (Å²) < 4.78 is 16.3. The first-order valence-electron chi connectivity index (χ1n) is 9.83. The molecular weight excluding hydrogens is 344 g/mol. The van der Waals surface area contributed by atoms with Crippen LogP contribution in [0.3, 0.4) is 0 Å². The van der Waals surface area contributed by atoms with Gasteiger partial charge in [0.2, 0.25) is 0 Å². The van der Waals surface area contributed by atoms with Crippen molar-refractivity contribution in [3.63, 3.8) is 0 Å². The highest BCUT2D eigenvalue weighted by Crippen LogP contribution is 2.30. The number of hydrogen-bond acceptors (Lipinski definition) is 5. The van der Waals surface area contributed by atoms with E-state index in [-0.39, 0.29) is 19.2 Å². The fourth-order valence-corrected chi connectivity index (χ4v) is 3.43. The molecule has 0 heterocycles. The fraction of sp³-hybridized carbons (Fsp3) is 0.636. The number of benzene rings is 1. The van der Waals surface area contributed by atoms with Gasteiger partial charge < -0.3 is 14.2 Å². The summed E-state index contributed by atoms with van der Waals surface area (Å²) in [6, 6.07) is 9.86. The molecule has 1 aliphatic rings. The van der Waals surface area contributed by atoms with E-state index >= 15 is 0 Å². The predicted octanol–water partition coefficient (Wildman–Crippen LogP) is 4.14. The minimum atomic E-state index is -0.563. The molecule has 27 heavy (non-hydrogen) atoms. The Labute approximate surface area is 162 Å². The van der Waals surface area contributed by atoms with Crippen LogP contribution in [0.1, 0.15) is 51.5 Å².